The summed E-state index contributed by atoms with van der Waals surface area (Å²) in [5.41, 5.74) is 1.50. The maximum absolute atomic E-state index is 12.2. The maximum Gasteiger partial charge on any atom is 0.178 e. The van der Waals surface area contributed by atoms with Gasteiger partial charge in [0, 0.05) is 5.41 Å². The van der Waals surface area contributed by atoms with Crippen molar-refractivity contribution in [2.45, 2.75) is 27.4 Å². The van der Waals surface area contributed by atoms with Gasteiger partial charge in [-0.25, -0.2) is 0 Å². The molecule has 0 heterocycles. The van der Waals surface area contributed by atoms with E-state index in [0.717, 1.165) is 16.9 Å². The summed E-state index contributed by atoms with van der Waals surface area (Å²) >= 11 is 0. The molecule has 0 radical (unpaired) electrons. The second kappa shape index (κ2) is 7.61. The van der Waals surface area contributed by atoms with E-state index in [2.05, 4.69) is 0 Å². The van der Waals surface area contributed by atoms with E-state index in [1.807, 2.05) is 60.7 Å². The predicted molar refractivity (Wildman–Crippen MR) is 95.3 cm³/mol. The second-order valence-corrected chi connectivity index (χ2v) is 6.59. The number of nitriles is 1. The number of Topliss-reactive ketones (excluding diaryl/α,β-unsaturated/α-hetero) is 1. The third-order valence-electron chi connectivity index (χ3n) is 3.49. The van der Waals surface area contributed by atoms with Gasteiger partial charge in [-0.2, -0.15) is 5.26 Å². The molecule has 0 aromatic heterocycles. The monoisotopic (exact) mass is 319 g/mol. The summed E-state index contributed by atoms with van der Waals surface area (Å²) < 4.78 is 5.73. The summed E-state index contributed by atoms with van der Waals surface area (Å²) in [6.07, 6.45) is 1.62. The van der Waals surface area contributed by atoms with Crippen molar-refractivity contribution in [1.82, 2.24) is 0 Å². The Bertz CT molecular complexity index is 760. The van der Waals surface area contributed by atoms with Crippen molar-refractivity contribution in [2.75, 3.05) is 0 Å². The van der Waals surface area contributed by atoms with Gasteiger partial charge in [-0.05, 0) is 29.3 Å². The summed E-state index contributed by atoms with van der Waals surface area (Å²) in [6.45, 7) is 5.92. The van der Waals surface area contributed by atoms with Gasteiger partial charge in [0.1, 0.15) is 18.4 Å². The summed E-state index contributed by atoms with van der Waals surface area (Å²) in [7, 11) is 0. The topological polar surface area (TPSA) is 50.1 Å². The Balaban J connectivity index is 2.07. The number of allylic oxidation sites excluding steroid dienone is 1. The smallest absolute Gasteiger partial charge is 0.178 e. The van der Waals surface area contributed by atoms with Crippen molar-refractivity contribution in [3.8, 4) is 11.8 Å². The predicted octanol–water partition coefficient (Wildman–Crippen LogP) is 4.79. The highest BCUT2D eigenvalue weighted by Gasteiger charge is 2.24. The zero-order valence-corrected chi connectivity index (χ0v) is 14.2. The first-order valence-electron chi connectivity index (χ1n) is 7.83. The van der Waals surface area contributed by atoms with Gasteiger partial charge >= 0.3 is 0 Å². The van der Waals surface area contributed by atoms with E-state index in [1.165, 1.54) is 0 Å². The number of ketones is 1. The summed E-state index contributed by atoms with van der Waals surface area (Å²) in [6, 6.07) is 19.3. The zero-order valence-electron chi connectivity index (χ0n) is 14.2. The second-order valence-electron chi connectivity index (χ2n) is 6.59. The van der Waals surface area contributed by atoms with Crippen LogP contribution in [0.5, 0.6) is 5.75 Å². The van der Waals surface area contributed by atoms with Gasteiger partial charge in [-0.3, -0.25) is 4.79 Å². The SMILES string of the molecule is CC(C)(C)C(=O)C(C#N)=Cc1ccc(OCc2ccccc2)cc1. The Labute approximate surface area is 143 Å². The molecule has 0 amide bonds. The largest absolute Gasteiger partial charge is 0.489 e. The van der Waals surface area contributed by atoms with Gasteiger partial charge in [0.25, 0.3) is 0 Å². The Kier molecular flexibility index (Phi) is 5.55. The van der Waals surface area contributed by atoms with E-state index >= 15 is 0 Å². The highest BCUT2D eigenvalue weighted by molar-refractivity contribution is 6.06. The van der Waals surface area contributed by atoms with Crippen molar-refractivity contribution in [2.24, 2.45) is 5.41 Å². The lowest BCUT2D eigenvalue weighted by atomic mass is 9.86. The summed E-state index contributed by atoms with van der Waals surface area (Å²) in [5.74, 6) is 0.589. The van der Waals surface area contributed by atoms with Crippen LogP contribution in [0, 0.1) is 16.7 Å². The van der Waals surface area contributed by atoms with E-state index in [4.69, 9.17) is 4.74 Å². The molecule has 0 saturated heterocycles. The van der Waals surface area contributed by atoms with Crippen molar-refractivity contribution in [1.29, 1.82) is 5.26 Å². The van der Waals surface area contributed by atoms with Crippen LogP contribution < -0.4 is 4.74 Å². The van der Waals surface area contributed by atoms with E-state index in [9.17, 15) is 10.1 Å². The number of carbonyl (C=O) groups excluding carboxylic acids is 1. The molecule has 3 nitrogen and oxygen atoms in total. The summed E-state index contributed by atoms with van der Waals surface area (Å²) in [5, 5.41) is 9.22. The fraction of sp³-hybridized carbons (Fsp3) is 0.238. The van der Waals surface area contributed by atoms with Crippen LogP contribution in [0.25, 0.3) is 6.08 Å². The van der Waals surface area contributed by atoms with E-state index in [0.29, 0.717) is 6.61 Å². The van der Waals surface area contributed by atoms with E-state index < -0.39 is 5.41 Å². The molecule has 0 atom stereocenters. The molecule has 0 spiro atoms. The Hall–Kier alpha value is -2.86. The number of benzene rings is 2. The van der Waals surface area contributed by atoms with Crippen LogP contribution in [-0.2, 0) is 11.4 Å². The Morgan fingerprint density at radius 3 is 2.25 bits per heavy atom. The van der Waals surface area contributed by atoms with Gasteiger partial charge in [-0.15, -0.1) is 0 Å². The fourth-order valence-corrected chi connectivity index (χ4v) is 2.12. The van der Waals surface area contributed by atoms with Crippen LogP contribution >= 0.6 is 0 Å². The van der Waals surface area contributed by atoms with Crippen molar-refractivity contribution in [3.63, 3.8) is 0 Å². The number of hydrogen-bond donors (Lipinski definition) is 0. The number of hydrogen-bond acceptors (Lipinski definition) is 3. The molecular weight excluding hydrogens is 298 g/mol. The zero-order chi connectivity index (χ0) is 17.6. The molecule has 3 heteroatoms. The molecule has 122 valence electrons. The molecule has 0 fully saturated rings. The number of nitrogens with zero attached hydrogens (tertiary/aromatic N) is 1. The van der Waals surface area contributed by atoms with Crippen LogP contribution in [0.2, 0.25) is 0 Å². The number of rotatable bonds is 5. The van der Waals surface area contributed by atoms with Crippen LogP contribution in [0.15, 0.2) is 60.2 Å². The highest BCUT2D eigenvalue weighted by atomic mass is 16.5. The minimum Gasteiger partial charge on any atom is -0.489 e. The standard InChI is InChI=1S/C21H21NO2/c1-21(2,3)20(23)18(14-22)13-16-9-11-19(12-10-16)24-15-17-7-5-4-6-8-17/h4-13H,15H2,1-3H3. The molecule has 0 N–H and O–H groups in total. The van der Waals surface area contributed by atoms with Gasteiger partial charge in [-0.1, -0.05) is 63.2 Å². The molecule has 0 aliphatic rings. The molecular formula is C21H21NO2. The van der Waals surface area contributed by atoms with Crippen LogP contribution in [0.3, 0.4) is 0 Å². The number of ether oxygens (including phenoxy) is 1. The quantitative estimate of drug-likeness (QED) is 0.588. The van der Waals surface area contributed by atoms with Gasteiger partial charge < -0.3 is 4.74 Å². The van der Waals surface area contributed by atoms with E-state index in [1.54, 1.807) is 26.8 Å². The number of carbonyl (C=O) groups is 1. The lowest BCUT2D eigenvalue weighted by Crippen LogP contribution is -2.21. The van der Waals surface area contributed by atoms with E-state index in [-0.39, 0.29) is 11.4 Å². The average molecular weight is 319 g/mol. The molecule has 0 aliphatic carbocycles. The van der Waals surface area contributed by atoms with Crippen molar-refractivity contribution < 1.29 is 9.53 Å². The Morgan fingerprint density at radius 2 is 1.71 bits per heavy atom. The van der Waals surface area contributed by atoms with Gasteiger partial charge in [0.15, 0.2) is 5.78 Å². The van der Waals surface area contributed by atoms with Crippen molar-refractivity contribution in [3.05, 3.63) is 71.3 Å². The van der Waals surface area contributed by atoms with Gasteiger partial charge in [0.2, 0.25) is 0 Å². The third kappa shape index (κ3) is 4.82. The normalized spacial score (nSPS) is 11.7. The van der Waals surface area contributed by atoms with Gasteiger partial charge in [0.05, 0.1) is 5.57 Å². The molecule has 0 unspecified atom stereocenters. The molecule has 24 heavy (non-hydrogen) atoms. The lowest BCUT2D eigenvalue weighted by molar-refractivity contribution is -0.121. The molecule has 0 aliphatic heterocycles. The van der Waals surface area contributed by atoms with Crippen molar-refractivity contribution >= 4 is 11.9 Å². The Morgan fingerprint density at radius 1 is 1.08 bits per heavy atom. The molecule has 0 bridgehead atoms. The summed E-state index contributed by atoms with van der Waals surface area (Å²) in [4.78, 5) is 12.2. The highest BCUT2D eigenvalue weighted by Crippen LogP contribution is 2.22. The third-order valence-corrected chi connectivity index (χ3v) is 3.49. The molecule has 2 aromatic rings. The van der Waals surface area contributed by atoms with Crippen LogP contribution in [0.4, 0.5) is 0 Å². The van der Waals surface area contributed by atoms with Crippen LogP contribution in [-0.4, -0.2) is 5.78 Å². The minimum absolute atomic E-state index is 0.158. The average Bonchev–Trinajstić information content (AvgIpc) is 2.58. The lowest BCUT2D eigenvalue weighted by Gasteiger charge is -2.15. The molecule has 2 rings (SSSR count). The molecule has 0 saturated carbocycles. The molecule has 2 aromatic carbocycles. The minimum atomic E-state index is -0.569. The first-order valence-corrected chi connectivity index (χ1v) is 7.83. The maximum atomic E-state index is 12.2. The van der Waals surface area contributed by atoms with Crippen LogP contribution in [0.1, 0.15) is 31.9 Å². The first kappa shape index (κ1) is 17.5. The first-order chi connectivity index (χ1) is 11.4. The fourth-order valence-electron chi connectivity index (χ4n) is 2.12.